The van der Waals surface area contributed by atoms with E-state index in [9.17, 15) is 9.59 Å². The zero-order valence-corrected chi connectivity index (χ0v) is 15.4. The minimum absolute atomic E-state index is 0.0261. The molecule has 1 saturated carbocycles. The second-order valence-corrected chi connectivity index (χ2v) is 8.43. The van der Waals surface area contributed by atoms with Gasteiger partial charge in [-0.3, -0.25) is 14.2 Å². The number of benzene rings is 1. The molecule has 1 aromatic carbocycles. The Morgan fingerprint density at radius 1 is 1.25 bits per heavy atom. The Bertz CT molecular complexity index is 814. The van der Waals surface area contributed by atoms with Crippen molar-refractivity contribution in [2.24, 2.45) is 5.41 Å². The number of para-hydroxylation sites is 1. The van der Waals surface area contributed by atoms with Gasteiger partial charge in [0.25, 0.3) is 5.56 Å². The molecule has 0 spiro atoms. The van der Waals surface area contributed by atoms with Gasteiger partial charge in [-0.25, -0.2) is 4.98 Å². The van der Waals surface area contributed by atoms with Gasteiger partial charge in [0.15, 0.2) is 5.16 Å². The van der Waals surface area contributed by atoms with Crippen molar-refractivity contribution < 1.29 is 4.79 Å². The summed E-state index contributed by atoms with van der Waals surface area (Å²) >= 11 is 1.40. The van der Waals surface area contributed by atoms with Crippen molar-refractivity contribution in [2.75, 3.05) is 5.75 Å². The third kappa shape index (κ3) is 3.41. The van der Waals surface area contributed by atoms with Crippen molar-refractivity contribution in [3.63, 3.8) is 0 Å². The van der Waals surface area contributed by atoms with E-state index in [1.165, 1.54) is 11.8 Å². The normalized spacial score (nSPS) is 16.0. The topological polar surface area (TPSA) is 52.0 Å². The molecule has 3 rings (SSSR count). The first-order chi connectivity index (χ1) is 11.4. The largest absolute Gasteiger partial charge is 0.298 e. The number of rotatable bonds is 4. The maximum absolute atomic E-state index is 13.0. The highest BCUT2D eigenvalue weighted by molar-refractivity contribution is 7.99. The number of nitrogens with zero attached hydrogens (tertiary/aromatic N) is 2. The van der Waals surface area contributed by atoms with Gasteiger partial charge in [0.2, 0.25) is 0 Å². The molecule has 0 atom stereocenters. The molecule has 0 aliphatic heterocycles. The summed E-state index contributed by atoms with van der Waals surface area (Å²) < 4.78 is 1.84. The van der Waals surface area contributed by atoms with E-state index >= 15 is 0 Å². The number of Topliss-reactive ketones (excluding diaryl/α,β-unsaturated/α-hetero) is 1. The highest BCUT2D eigenvalue weighted by atomic mass is 32.2. The summed E-state index contributed by atoms with van der Waals surface area (Å²) in [6, 6.07) is 7.68. The van der Waals surface area contributed by atoms with E-state index in [4.69, 9.17) is 4.98 Å². The molecule has 0 N–H and O–H groups in total. The maximum Gasteiger partial charge on any atom is 0.262 e. The van der Waals surface area contributed by atoms with Crippen LogP contribution in [-0.4, -0.2) is 21.1 Å². The first-order valence-corrected chi connectivity index (χ1v) is 9.54. The molecule has 1 aliphatic rings. The number of fused-ring (bicyclic) bond motifs is 1. The van der Waals surface area contributed by atoms with Crippen LogP contribution in [-0.2, 0) is 4.79 Å². The fourth-order valence-corrected chi connectivity index (χ4v) is 4.29. The van der Waals surface area contributed by atoms with Crippen molar-refractivity contribution in [3.8, 4) is 0 Å². The average molecular weight is 344 g/mol. The summed E-state index contributed by atoms with van der Waals surface area (Å²) in [5.41, 5.74) is 0.364. The molecule has 1 heterocycles. The summed E-state index contributed by atoms with van der Waals surface area (Å²) in [4.78, 5) is 30.0. The highest BCUT2D eigenvalue weighted by Crippen LogP contribution is 2.32. The summed E-state index contributed by atoms with van der Waals surface area (Å²) in [7, 11) is 0. The Labute approximate surface area is 146 Å². The van der Waals surface area contributed by atoms with Crippen LogP contribution < -0.4 is 5.56 Å². The van der Waals surface area contributed by atoms with E-state index in [0.717, 1.165) is 25.7 Å². The molecule has 5 heteroatoms. The van der Waals surface area contributed by atoms with E-state index in [1.807, 2.05) is 49.6 Å². The highest BCUT2D eigenvalue weighted by Gasteiger charge is 2.25. The quantitative estimate of drug-likeness (QED) is 0.615. The minimum Gasteiger partial charge on any atom is -0.298 e. The smallest absolute Gasteiger partial charge is 0.262 e. The van der Waals surface area contributed by atoms with Gasteiger partial charge in [0.1, 0.15) is 5.78 Å². The third-order valence-electron chi connectivity index (χ3n) is 4.63. The Balaban J connectivity index is 2.02. The number of hydrogen-bond acceptors (Lipinski definition) is 4. The van der Waals surface area contributed by atoms with Crippen molar-refractivity contribution >= 4 is 28.4 Å². The molecular formula is C19H24N2O2S. The van der Waals surface area contributed by atoms with Gasteiger partial charge in [-0.05, 0) is 25.0 Å². The lowest BCUT2D eigenvalue weighted by atomic mass is 9.92. The monoisotopic (exact) mass is 344 g/mol. The molecule has 1 aliphatic carbocycles. The van der Waals surface area contributed by atoms with Gasteiger partial charge in [-0.1, -0.05) is 57.5 Å². The molecule has 0 amide bonds. The van der Waals surface area contributed by atoms with Crippen molar-refractivity contribution in [1.29, 1.82) is 0 Å². The lowest BCUT2D eigenvalue weighted by molar-refractivity contribution is -0.123. The SMILES string of the molecule is CC(C)(C)C(=O)CSc1nc2ccccc2c(=O)n1C1CCCC1. The Morgan fingerprint density at radius 3 is 2.58 bits per heavy atom. The summed E-state index contributed by atoms with van der Waals surface area (Å²) in [5, 5.41) is 1.35. The first kappa shape index (κ1) is 17.2. The second kappa shape index (κ2) is 6.71. The lowest BCUT2D eigenvalue weighted by Gasteiger charge is -2.20. The Morgan fingerprint density at radius 2 is 1.92 bits per heavy atom. The fourth-order valence-electron chi connectivity index (χ4n) is 3.06. The summed E-state index contributed by atoms with van der Waals surface area (Å²) in [6.07, 6.45) is 4.32. The molecule has 0 unspecified atom stereocenters. The first-order valence-electron chi connectivity index (χ1n) is 8.55. The van der Waals surface area contributed by atoms with E-state index in [1.54, 1.807) is 0 Å². The van der Waals surface area contributed by atoms with Crippen LogP contribution in [0.2, 0.25) is 0 Å². The Hall–Kier alpha value is -1.62. The van der Waals surface area contributed by atoms with Crippen LogP contribution in [0.25, 0.3) is 10.9 Å². The van der Waals surface area contributed by atoms with E-state index in [-0.39, 0.29) is 22.8 Å². The third-order valence-corrected chi connectivity index (χ3v) is 5.59. The van der Waals surface area contributed by atoms with E-state index in [2.05, 4.69) is 0 Å². The van der Waals surface area contributed by atoms with Crippen LogP contribution in [0.5, 0.6) is 0 Å². The minimum atomic E-state index is -0.373. The van der Waals surface area contributed by atoms with E-state index in [0.29, 0.717) is 21.8 Å². The standard InChI is InChI=1S/C19H24N2O2S/c1-19(2,3)16(22)12-24-18-20-15-11-7-6-10-14(15)17(23)21(18)13-8-4-5-9-13/h6-7,10-11,13H,4-5,8-9,12H2,1-3H3. The number of carbonyl (C=O) groups excluding carboxylic acids is 1. The number of hydrogen-bond donors (Lipinski definition) is 0. The molecule has 4 nitrogen and oxygen atoms in total. The molecular weight excluding hydrogens is 320 g/mol. The van der Waals surface area contributed by atoms with Crippen LogP contribution in [0.1, 0.15) is 52.5 Å². The Kier molecular flexibility index (Phi) is 4.81. The number of carbonyl (C=O) groups is 1. The second-order valence-electron chi connectivity index (χ2n) is 7.49. The molecule has 0 saturated heterocycles. The van der Waals surface area contributed by atoms with Crippen LogP contribution in [0.3, 0.4) is 0 Å². The predicted octanol–water partition coefficient (Wildman–Crippen LogP) is 4.22. The molecule has 1 fully saturated rings. The van der Waals surface area contributed by atoms with Gasteiger partial charge in [0.05, 0.1) is 16.7 Å². The molecule has 1 aromatic heterocycles. The number of thioether (sulfide) groups is 1. The van der Waals surface area contributed by atoms with Crippen LogP contribution >= 0.6 is 11.8 Å². The van der Waals surface area contributed by atoms with Gasteiger partial charge in [0, 0.05) is 11.5 Å². The molecule has 128 valence electrons. The lowest BCUT2D eigenvalue weighted by Crippen LogP contribution is -2.27. The predicted molar refractivity (Wildman–Crippen MR) is 98.7 cm³/mol. The van der Waals surface area contributed by atoms with Crippen molar-refractivity contribution in [1.82, 2.24) is 9.55 Å². The van der Waals surface area contributed by atoms with Crippen LogP contribution in [0.4, 0.5) is 0 Å². The zero-order chi connectivity index (χ0) is 17.3. The maximum atomic E-state index is 13.0. The van der Waals surface area contributed by atoms with Crippen molar-refractivity contribution in [2.45, 2.75) is 57.7 Å². The number of ketones is 1. The van der Waals surface area contributed by atoms with Crippen molar-refractivity contribution in [3.05, 3.63) is 34.6 Å². The van der Waals surface area contributed by atoms with Gasteiger partial charge < -0.3 is 0 Å². The zero-order valence-electron chi connectivity index (χ0n) is 14.5. The number of aromatic nitrogens is 2. The van der Waals surface area contributed by atoms with Crippen LogP contribution in [0, 0.1) is 5.41 Å². The molecule has 24 heavy (non-hydrogen) atoms. The summed E-state index contributed by atoms with van der Waals surface area (Å²) in [5.74, 6) is 0.522. The molecule has 0 radical (unpaired) electrons. The van der Waals surface area contributed by atoms with Gasteiger partial charge in [-0.15, -0.1) is 0 Å². The average Bonchev–Trinajstić information content (AvgIpc) is 3.05. The van der Waals surface area contributed by atoms with Gasteiger partial charge in [-0.2, -0.15) is 0 Å². The van der Waals surface area contributed by atoms with Gasteiger partial charge >= 0.3 is 0 Å². The van der Waals surface area contributed by atoms with Crippen LogP contribution in [0.15, 0.2) is 34.2 Å². The molecule has 0 bridgehead atoms. The molecule has 2 aromatic rings. The van der Waals surface area contributed by atoms with E-state index < -0.39 is 0 Å². The summed E-state index contributed by atoms with van der Waals surface area (Å²) in [6.45, 7) is 5.77. The fraction of sp³-hybridized carbons (Fsp3) is 0.526.